The molecule has 3 saturated carbocycles. The van der Waals surface area contributed by atoms with E-state index in [4.69, 9.17) is 4.74 Å². The maximum Gasteiger partial charge on any atom is 0.303 e. The molecule has 4 fully saturated rings. The van der Waals surface area contributed by atoms with E-state index < -0.39 is 22.9 Å². The van der Waals surface area contributed by atoms with Crippen LogP contribution in [0.15, 0.2) is 54.1 Å². The Labute approximate surface area is 225 Å². The van der Waals surface area contributed by atoms with E-state index in [1.165, 1.54) is 12.5 Å². The van der Waals surface area contributed by atoms with Gasteiger partial charge in [0.2, 0.25) is 0 Å². The van der Waals surface area contributed by atoms with Gasteiger partial charge in [0.15, 0.2) is 18.2 Å². The van der Waals surface area contributed by atoms with Crippen molar-refractivity contribution >= 4 is 17.5 Å². The highest BCUT2D eigenvalue weighted by Crippen LogP contribution is 2.72. The molecule has 0 bridgehead atoms. The van der Waals surface area contributed by atoms with Gasteiger partial charge in [0.1, 0.15) is 0 Å². The number of esters is 1. The highest BCUT2D eigenvalue weighted by Gasteiger charge is 2.73. The molecule has 5 aliphatic rings. The summed E-state index contributed by atoms with van der Waals surface area (Å²) >= 11 is 0. The molecule has 0 radical (unpaired) electrons. The summed E-state index contributed by atoms with van der Waals surface area (Å²) in [6.45, 7) is 7.81. The molecule has 1 aliphatic heterocycles. The Kier molecular flexibility index (Phi) is 6.08. The van der Waals surface area contributed by atoms with Crippen molar-refractivity contribution in [1.29, 1.82) is 0 Å². The fraction of sp³-hybridized carbons (Fsp3) is 0.594. The minimum absolute atomic E-state index is 0.00896. The second kappa shape index (κ2) is 8.99. The van der Waals surface area contributed by atoms with Crippen LogP contribution in [0.2, 0.25) is 0 Å². The second-order valence-corrected chi connectivity index (χ2v) is 13.0. The van der Waals surface area contributed by atoms with E-state index in [0.29, 0.717) is 18.9 Å². The second-order valence-electron chi connectivity index (χ2n) is 13.0. The number of hydrogen-bond donors (Lipinski definition) is 1. The maximum absolute atomic E-state index is 14.2. The number of aliphatic hydroxyl groups is 1. The molecule has 6 heteroatoms. The lowest BCUT2D eigenvalue weighted by atomic mass is 9.44. The fourth-order valence-corrected chi connectivity index (χ4v) is 9.76. The highest BCUT2D eigenvalue weighted by molar-refractivity contribution is 6.01. The van der Waals surface area contributed by atoms with Crippen LogP contribution in [0.4, 0.5) is 0 Å². The lowest BCUT2D eigenvalue weighted by molar-refractivity contribution is -0.164. The topological polar surface area (TPSA) is 83.9 Å². The van der Waals surface area contributed by atoms with Crippen LogP contribution in [0.3, 0.4) is 0 Å². The minimum Gasteiger partial charge on any atom is -0.458 e. The quantitative estimate of drug-likeness (QED) is 0.592. The first-order chi connectivity index (χ1) is 18.1. The maximum atomic E-state index is 14.2. The van der Waals surface area contributed by atoms with Gasteiger partial charge in [0.25, 0.3) is 0 Å². The average Bonchev–Trinajstić information content (AvgIpc) is 3.35. The molecule has 6 rings (SSSR count). The lowest BCUT2D eigenvalue weighted by Crippen LogP contribution is -2.60. The van der Waals surface area contributed by atoms with Gasteiger partial charge in [-0.1, -0.05) is 55.8 Å². The van der Waals surface area contributed by atoms with Crippen molar-refractivity contribution in [2.24, 2.45) is 39.9 Å². The van der Waals surface area contributed by atoms with Crippen LogP contribution in [0.5, 0.6) is 0 Å². The Hall–Kier alpha value is -2.57. The number of nitrogens with zero attached hydrogens (tertiary/aromatic N) is 1. The fourth-order valence-electron chi connectivity index (χ4n) is 9.76. The number of allylic oxidation sites excluding steroid dienone is 4. The van der Waals surface area contributed by atoms with Crippen LogP contribution in [0, 0.1) is 39.9 Å². The molecule has 202 valence electrons. The van der Waals surface area contributed by atoms with Crippen molar-refractivity contribution in [1.82, 2.24) is 4.90 Å². The van der Waals surface area contributed by atoms with E-state index in [9.17, 15) is 19.5 Å². The summed E-state index contributed by atoms with van der Waals surface area (Å²) in [5.41, 5.74) is 0.972. The Balaban J connectivity index is 1.36. The number of Topliss-reactive ketones (excluding diaryl/α,β-unsaturated/α-hetero) is 1. The third-order valence-electron chi connectivity index (χ3n) is 11.2. The van der Waals surface area contributed by atoms with Gasteiger partial charge >= 0.3 is 5.97 Å². The molecule has 1 heterocycles. The molecule has 8 atom stereocenters. The molecule has 38 heavy (non-hydrogen) atoms. The normalized spacial score (nSPS) is 41.5. The van der Waals surface area contributed by atoms with Gasteiger partial charge in [-0.3, -0.25) is 19.3 Å². The molecule has 1 aromatic rings. The summed E-state index contributed by atoms with van der Waals surface area (Å²) < 4.78 is 5.31. The van der Waals surface area contributed by atoms with E-state index in [1.807, 2.05) is 24.3 Å². The molecule has 1 saturated heterocycles. The van der Waals surface area contributed by atoms with E-state index in [-0.39, 0.29) is 41.3 Å². The summed E-state index contributed by atoms with van der Waals surface area (Å²) in [5, 5.41) is 11.9. The average molecular weight is 518 g/mol. The van der Waals surface area contributed by atoms with Crippen LogP contribution in [-0.2, 0) is 25.7 Å². The van der Waals surface area contributed by atoms with Crippen molar-refractivity contribution in [3.63, 3.8) is 0 Å². The molecular formula is C32H39NO5. The summed E-state index contributed by atoms with van der Waals surface area (Å²) in [5.74, 6) is 0.366. The summed E-state index contributed by atoms with van der Waals surface area (Å²) in [6, 6.07) is 10.3. The number of carbonyl (C=O) groups excluding carboxylic acids is 3. The molecule has 1 N–H and O–H groups in total. The Morgan fingerprint density at radius 2 is 1.95 bits per heavy atom. The number of aliphatic hydroxyl groups excluding tert-OH is 1. The summed E-state index contributed by atoms with van der Waals surface area (Å²) in [4.78, 5) is 40.4. The van der Waals surface area contributed by atoms with E-state index in [0.717, 1.165) is 37.9 Å². The third-order valence-corrected chi connectivity index (χ3v) is 11.2. The van der Waals surface area contributed by atoms with E-state index >= 15 is 0 Å². The molecule has 6 nitrogen and oxygen atoms in total. The predicted octanol–water partition coefficient (Wildman–Crippen LogP) is 4.13. The predicted molar refractivity (Wildman–Crippen MR) is 143 cm³/mol. The molecule has 0 amide bonds. The number of likely N-dealkylation sites (tertiary alicyclic amines) is 1. The number of ether oxygens (including phenoxy) is 1. The van der Waals surface area contributed by atoms with Crippen LogP contribution in [0.1, 0.15) is 52.0 Å². The standard InChI is InChI=1S/C32H39NO5/c1-20(34)38-18-28(37)32-19-33(16-21-7-5-4-6-8-21)17-23(32)14-26-25-10-9-22-13-24(35)11-12-30(22,2)29(25)27(36)15-31(26,32)3/h4-8,11-13,23,25-27,29,36H,9-10,14-19H2,1-3H3/t23-,25-,26-,27-,29+,30-,31-,32+/m0/s1. The largest absolute Gasteiger partial charge is 0.458 e. The first-order valence-electron chi connectivity index (χ1n) is 14.1. The zero-order valence-corrected chi connectivity index (χ0v) is 22.7. The van der Waals surface area contributed by atoms with Crippen LogP contribution in [0.25, 0.3) is 0 Å². The van der Waals surface area contributed by atoms with Crippen LogP contribution < -0.4 is 0 Å². The van der Waals surface area contributed by atoms with Crippen molar-refractivity contribution < 1.29 is 24.2 Å². The van der Waals surface area contributed by atoms with Gasteiger partial charge in [-0.25, -0.2) is 0 Å². The van der Waals surface area contributed by atoms with Crippen LogP contribution >= 0.6 is 0 Å². The zero-order valence-electron chi connectivity index (χ0n) is 22.7. The molecule has 4 aliphatic carbocycles. The monoisotopic (exact) mass is 517 g/mol. The minimum atomic E-state index is -0.663. The Morgan fingerprint density at radius 3 is 2.68 bits per heavy atom. The van der Waals surface area contributed by atoms with Crippen molar-refractivity contribution in [3.05, 3.63) is 59.7 Å². The number of fused-ring (bicyclic) bond motifs is 7. The van der Waals surface area contributed by atoms with Gasteiger partial charge in [-0.15, -0.1) is 0 Å². The van der Waals surface area contributed by atoms with Crippen molar-refractivity contribution in [3.8, 4) is 0 Å². The van der Waals surface area contributed by atoms with E-state index in [2.05, 4.69) is 30.9 Å². The summed E-state index contributed by atoms with van der Waals surface area (Å²) in [7, 11) is 0. The van der Waals surface area contributed by atoms with Gasteiger partial charge in [0.05, 0.1) is 11.5 Å². The number of rotatable bonds is 5. The highest BCUT2D eigenvalue weighted by atomic mass is 16.5. The smallest absolute Gasteiger partial charge is 0.303 e. The first-order valence-corrected chi connectivity index (χ1v) is 14.1. The van der Waals surface area contributed by atoms with E-state index in [1.54, 1.807) is 12.2 Å². The lowest BCUT2D eigenvalue weighted by Gasteiger charge is -2.60. The van der Waals surface area contributed by atoms with Gasteiger partial charge in [0, 0.05) is 37.9 Å². The van der Waals surface area contributed by atoms with Gasteiger partial charge in [-0.05, 0) is 66.6 Å². The molecule has 0 aromatic heterocycles. The third kappa shape index (κ3) is 3.63. The SMILES string of the molecule is CC(=O)OCC(=O)[C@@]12CN(Cc3ccccc3)C[C@@H]1C[C@H]1[C@@H]3CCC4=CC(=O)C=C[C@]4(C)[C@H]3[C@@H](O)C[C@@]12C. The number of ketones is 2. The number of carbonyl (C=O) groups is 3. The van der Waals surface area contributed by atoms with Gasteiger partial charge < -0.3 is 9.84 Å². The molecule has 0 spiro atoms. The van der Waals surface area contributed by atoms with Crippen LogP contribution in [-0.4, -0.2) is 53.3 Å². The number of benzene rings is 1. The molecule has 1 aromatic carbocycles. The van der Waals surface area contributed by atoms with Crippen molar-refractivity contribution in [2.45, 2.75) is 59.1 Å². The van der Waals surface area contributed by atoms with Gasteiger partial charge in [-0.2, -0.15) is 0 Å². The molecule has 0 unspecified atom stereocenters. The molecular weight excluding hydrogens is 478 g/mol. The zero-order chi connectivity index (χ0) is 26.9. The Bertz CT molecular complexity index is 1220. The Morgan fingerprint density at radius 1 is 1.18 bits per heavy atom. The number of hydrogen-bond acceptors (Lipinski definition) is 6. The summed E-state index contributed by atoms with van der Waals surface area (Å²) in [6.07, 6.45) is 8.18. The first kappa shape index (κ1) is 25.7. The van der Waals surface area contributed by atoms with Crippen molar-refractivity contribution in [2.75, 3.05) is 19.7 Å².